The Labute approximate surface area is 124 Å². The van der Waals surface area contributed by atoms with E-state index in [0.29, 0.717) is 24.6 Å². The van der Waals surface area contributed by atoms with Gasteiger partial charge in [0, 0.05) is 19.9 Å². The van der Waals surface area contributed by atoms with Gasteiger partial charge in [-0.3, -0.25) is 4.79 Å². The number of morpholine rings is 1. The van der Waals surface area contributed by atoms with Gasteiger partial charge in [0.25, 0.3) is 5.91 Å². The van der Waals surface area contributed by atoms with Gasteiger partial charge in [0.05, 0.1) is 25.9 Å². The Hall–Kier alpha value is -1.66. The van der Waals surface area contributed by atoms with Gasteiger partial charge in [0.1, 0.15) is 11.7 Å². The van der Waals surface area contributed by atoms with Crippen molar-refractivity contribution < 1.29 is 19.0 Å². The molecule has 6 heteroatoms. The highest BCUT2D eigenvalue weighted by Crippen LogP contribution is 2.33. The first kappa shape index (κ1) is 14.3. The summed E-state index contributed by atoms with van der Waals surface area (Å²) in [6.07, 6.45) is 3.47. The molecule has 1 aromatic heterocycles. The van der Waals surface area contributed by atoms with Gasteiger partial charge >= 0.3 is 0 Å². The van der Waals surface area contributed by atoms with E-state index in [1.165, 1.54) is 7.11 Å². The Morgan fingerprint density at radius 3 is 3.05 bits per heavy atom. The first-order chi connectivity index (χ1) is 10.3. The molecule has 1 aromatic rings. The van der Waals surface area contributed by atoms with E-state index in [1.54, 1.807) is 25.4 Å². The summed E-state index contributed by atoms with van der Waals surface area (Å²) in [4.78, 5) is 18.8. The van der Waals surface area contributed by atoms with E-state index in [4.69, 9.17) is 14.2 Å². The highest BCUT2D eigenvalue weighted by atomic mass is 16.5. The number of nitrogens with zero attached hydrogens (tertiary/aromatic N) is 2. The van der Waals surface area contributed by atoms with Crippen LogP contribution in [0.15, 0.2) is 18.3 Å². The third-order valence-corrected chi connectivity index (χ3v) is 4.29. The largest absolute Gasteiger partial charge is 0.480 e. The zero-order valence-corrected chi connectivity index (χ0v) is 12.3. The molecular weight excluding hydrogens is 272 g/mol. The van der Waals surface area contributed by atoms with Crippen molar-refractivity contribution in [1.82, 2.24) is 9.88 Å². The van der Waals surface area contributed by atoms with Gasteiger partial charge in [-0.15, -0.1) is 0 Å². The summed E-state index contributed by atoms with van der Waals surface area (Å²) in [7, 11) is 3.22. The summed E-state index contributed by atoms with van der Waals surface area (Å²) >= 11 is 0. The number of methoxy groups -OCH3 is 2. The van der Waals surface area contributed by atoms with Gasteiger partial charge in [0.15, 0.2) is 0 Å². The van der Waals surface area contributed by atoms with Crippen molar-refractivity contribution in [2.24, 2.45) is 0 Å². The standard InChI is InChI=1S/C15H20N2O4/c1-19-12-6-5-11-13(12)21-9-8-17(11)15(18)10-4-3-7-16-14(10)20-2/h3-4,7,11-13H,5-6,8-9H2,1-2H3/t11-,12+,13+/m0/s1. The second-order valence-electron chi connectivity index (χ2n) is 5.31. The molecule has 0 radical (unpaired) electrons. The quantitative estimate of drug-likeness (QED) is 0.835. The average molecular weight is 292 g/mol. The van der Waals surface area contributed by atoms with Gasteiger partial charge in [-0.1, -0.05) is 0 Å². The maximum Gasteiger partial charge on any atom is 0.259 e. The minimum atomic E-state index is -0.0463. The molecule has 2 fully saturated rings. The lowest BCUT2D eigenvalue weighted by Crippen LogP contribution is -2.53. The van der Waals surface area contributed by atoms with Crippen molar-refractivity contribution in [2.75, 3.05) is 27.4 Å². The summed E-state index contributed by atoms with van der Waals surface area (Å²) in [5, 5.41) is 0. The zero-order chi connectivity index (χ0) is 14.8. The molecular formula is C15H20N2O4. The molecule has 1 saturated heterocycles. The maximum atomic E-state index is 12.8. The average Bonchev–Trinajstić information content (AvgIpc) is 2.97. The molecule has 1 aliphatic carbocycles. The lowest BCUT2D eigenvalue weighted by atomic mass is 10.1. The molecule has 114 valence electrons. The predicted molar refractivity (Wildman–Crippen MR) is 75.4 cm³/mol. The van der Waals surface area contributed by atoms with Crippen LogP contribution in [0.1, 0.15) is 23.2 Å². The number of hydrogen-bond donors (Lipinski definition) is 0. The summed E-state index contributed by atoms with van der Waals surface area (Å²) in [5.74, 6) is 0.321. The monoisotopic (exact) mass is 292 g/mol. The molecule has 0 aromatic carbocycles. The second kappa shape index (κ2) is 5.99. The molecule has 1 aliphatic heterocycles. The minimum absolute atomic E-state index is 0.0321. The van der Waals surface area contributed by atoms with Crippen LogP contribution in [-0.2, 0) is 9.47 Å². The smallest absolute Gasteiger partial charge is 0.259 e. The van der Waals surface area contributed by atoms with Crippen molar-refractivity contribution in [3.05, 3.63) is 23.9 Å². The number of pyridine rings is 1. The molecule has 6 nitrogen and oxygen atoms in total. The second-order valence-corrected chi connectivity index (χ2v) is 5.31. The van der Waals surface area contributed by atoms with Crippen molar-refractivity contribution in [2.45, 2.75) is 31.1 Å². The van der Waals surface area contributed by atoms with Gasteiger partial charge in [0.2, 0.25) is 5.88 Å². The molecule has 0 bridgehead atoms. The van der Waals surface area contributed by atoms with E-state index in [2.05, 4.69) is 4.98 Å². The van der Waals surface area contributed by atoms with E-state index in [0.717, 1.165) is 12.8 Å². The SMILES string of the molecule is COc1ncccc1C(=O)N1CCO[C@H]2[C@H](OC)CC[C@@H]21. The highest BCUT2D eigenvalue weighted by Gasteiger charge is 2.45. The molecule has 0 spiro atoms. The first-order valence-electron chi connectivity index (χ1n) is 7.20. The van der Waals surface area contributed by atoms with E-state index >= 15 is 0 Å². The summed E-state index contributed by atoms with van der Waals surface area (Å²) in [6, 6.07) is 3.57. The predicted octanol–water partition coefficient (Wildman–Crippen LogP) is 1.11. The van der Waals surface area contributed by atoms with Crippen LogP contribution in [0.5, 0.6) is 5.88 Å². The van der Waals surface area contributed by atoms with Crippen molar-refractivity contribution in [1.29, 1.82) is 0 Å². The van der Waals surface area contributed by atoms with Crippen LogP contribution in [0.3, 0.4) is 0 Å². The molecule has 3 rings (SSSR count). The number of carbonyl (C=O) groups excluding carboxylic acids is 1. The molecule has 3 atom stereocenters. The first-order valence-corrected chi connectivity index (χ1v) is 7.20. The topological polar surface area (TPSA) is 60.9 Å². The lowest BCUT2D eigenvalue weighted by molar-refractivity contribution is -0.0947. The fourth-order valence-corrected chi connectivity index (χ4v) is 3.29. The fourth-order valence-electron chi connectivity index (χ4n) is 3.29. The Morgan fingerprint density at radius 1 is 1.43 bits per heavy atom. The fraction of sp³-hybridized carbons (Fsp3) is 0.600. The van der Waals surface area contributed by atoms with Gasteiger partial charge < -0.3 is 19.1 Å². The molecule has 0 unspecified atom stereocenters. The van der Waals surface area contributed by atoms with Crippen molar-refractivity contribution in [3.63, 3.8) is 0 Å². The van der Waals surface area contributed by atoms with Crippen LogP contribution >= 0.6 is 0 Å². The van der Waals surface area contributed by atoms with Gasteiger partial charge in [-0.2, -0.15) is 0 Å². The molecule has 2 aliphatic rings. The van der Waals surface area contributed by atoms with E-state index in [1.807, 2.05) is 4.90 Å². The maximum absolute atomic E-state index is 12.8. The van der Waals surface area contributed by atoms with Crippen molar-refractivity contribution >= 4 is 5.91 Å². The lowest BCUT2D eigenvalue weighted by Gasteiger charge is -2.39. The summed E-state index contributed by atoms with van der Waals surface area (Å²) in [6.45, 7) is 1.13. The normalized spacial score (nSPS) is 28.3. The van der Waals surface area contributed by atoms with Crippen LogP contribution in [0.4, 0.5) is 0 Å². The van der Waals surface area contributed by atoms with E-state index in [9.17, 15) is 4.79 Å². The van der Waals surface area contributed by atoms with Crippen LogP contribution in [-0.4, -0.2) is 61.4 Å². The Bertz CT molecular complexity index is 522. The molecule has 21 heavy (non-hydrogen) atoms. The number of aromatic nitrogens is 1. The minimum Gasteiger partial charge on any atom is -0.480 e. The highest BCUT2D eigenvalue weighted by molar-refractivity contribution is 5.96. The Morgan fingerprint density at radius 2 is 2.29 bits per heavy atom. The number of rotatable bonds is 3. The molecule has 1 saturated carbocycles. The van der Waals surface area contributed by atoms with Crippen LogP contribution in [0.25, 0.3) is 0 Å². The van der Waals surface area contributed by atoms with E-state index < -0.39 is 0 Å². The van der Waals surface area contributed by atoms with Gasteiger partial charge in [-0.05, 0) is 25.0 Å². The Kier molecular flexibility index (Phi) is 4.07. The number of amides is 1. The zero-order valence-electron chi connectivity index (χ0n) is 12.3. The third kappa shape index (κ3) is 2.49. The third-order valence-electron chi connectivity index (χ3n) is 4.29. The van der Waals surface area contributed by atoms with Gasteiger partial charge in [-0.25, -0.2) is 4.98 Å². The van der Waals surface area contributed by atoms with E-state index in [-0.39, 0.29) is 24.2 Å². The molecule has 1 amide bonds. The Balaban J connectivity index is 1.84. The number of carbonyl (C=O) groups is 1. The van der Waals surface area contributed by atoms with Crippen LogP contribution in [0, 0.1) is 0 Å². The molecule has 2 heterocycles. The summed E-state index contributed by atoms with van der Waals surface area (Å²) < 4.78 is 16.5. The van der Waals surface area contributed by atoms with Crippen molar-refractivity contribution in [3.8, 4) is 5.88 Å². The molecule has 0 N–H and O–H groups in total. The summed E-state index contributed by atoms with van der Waals surface area (Å²) in [5.41, 5.74) is 0.501. The van der Waals surface area contributed by atoms with Crippen LogP contribution < -0.4 is 4.74 Å². The number of ether oxygens (including phenoxy) is 3. The number of hydrogen-bond acceptors (Lipinski definition) is 5. The number of fused-ring (bicyclic) bond motifs is 1. The van der Waals surface area contributed by atoms with Crippen LogP contribution in [0.2, 0.25) is 0 Å².